The van der Waals surface area contributed by atoms with Crippen LogP contribution >= 0.6 is 23.2 Å². The number of aliphatic imine (C=N–C) groups is 1. The van der Waals surface area contributed by atoms with Crippen molar-refractivity contribution >= 4 is 29.0 Å². The fourth-order valence-corrected chi connectivity index (χ4v) is 4.25. The van der Waals surface area contributed by atoms with E-state index in [1.54, 1.807) is 0 Å². The number of amidine groups is 1. The first-order chi connectivity index (χ1) is 13.5. The highest BCUT2D eigenvalue weighted by Crippen LogP contribution is 2.35. The topological polar surface area (TPSA) is 24.8 Å². The van der Waals surface area contributed by atoms with Gasteiger partial charge in [-0.15, -0.1) is 0 Å². The van der Waals surface area contributed by atoms with Crippen molar-refractivity contribution in [1.82, 2.24) is 5.06 Å². The van der Waals surface area contributed by atoms with Crippen LogP contribution in [0.25, 0.3) is 0 Å². The lowest BCUT2D eigenvalue weighted by molar-refractivity contribution is -0.106. The molecule has 1 aromatic rings. The summed E-state index contributed by atoms with van der Waals surface area (Å²) in [6.45, 7) is 4.73. The van der Waals surface area contributed by atoms with E-state index in [9.17, 15) is 0 Å². The van der Waals surface area contributed by atoms with Crippen LogP contribution in [0.1, 0.15) is 43.2 Å². The molecule has 0 aromatic heterocycles. The fraction of sp³-hybridized carbons (Fsp3) is 0.348. The van der Waals surface area contributed by atoms with Crippen molar-refractivity contribution in [1.29, 1.82) is 0 Å². The van der Waals surface area contributed by atoms with E-state index in [1.165, 1.54) is 11.1 Å². The van der Waals surface area contributed by atoms with Crippen LogP contribution in [-0.4, -0.2) is 23.5 Å². The first-order valence-corrected chi connectivity index (χ1v) is 10.5. The molecule has 0 saturated heterocycles. The van der Waals surface area contributed by atoms with Gasteiger partial charge in [-0.05, 0) is 49.5 Å². The van der Waals surface area contributed by atoms with E-state index in [1.807, 2.05) is 11.1 Å². The molecule has 4 rings (SSSR count). The second kappa shape index (κ2) is 8.28. The van der Waals surface area contributed by atoms with Crippen molar-refractivity contribution in [3.8, 4) is 0 Å². The molecule has 2 unspecified atom stereocenters. The van der Waals surface area contributed by atoms with Crippen LogP contribution in [-0.2, 0) is 4.84 Å². The number of aryl methyl sites for hydroxylation is 1. The van der Waals surface area contributed by atoms with Crippen LogP contribution < -0.4 is 0 Å². The average Bonchev–Trinajstić information content (AvgIpc) is 3.06. The van der Waals surface area contributed by atoms with Crippen LogP contribution in [0.2, 0.25) is 0 Å². The third-order valence-corrected chi connectivity index (χ3v) is 6.16. The standard InChI is InChI=1S/C23H24Cl2N2O/c1-15-7-9-17(10-8-15)16(2)23-26-21-5-3-4-6-22(21)27(23)28-14-18-11-12-19(24)13-20(18)25/h3-5,7-10,13,16,22H,6,11-12,14H2,1-2H3. The number of nitrogens with zero attached hydrogens (tertiary/aromatic N) is 2. The quantitative estimate of drug-likeness (QED) is 0.559. The number of halogens is 2. The summed E-state index contributed by atoms with van der Waals surface area (Å²) >= 11 is 12.5. The predicted molar refractivity (Wildman–Crippen MR) is 116 cm³/mol. The largest absolute Gasteiger partial charge is 0.267 e. The number of hydroxylamine groups is 2. The Kier molecular flexibility index (Phi) is 5.77. The monoisotopic (exact) mass is 414 g/mol. The number of benzene rings is 1. The highest BCUT2D eigenvalue weighted by atomic mass is 35.5. The Morgan fingerprint density at radius 3 is 2.75 bits per heavy atom. The molecule has 3 aliphatic rings. The van der Waals surface area contributed by atoms with Crippen molar-refractivity contribution in [2.75, 3.05) is 6.61 Å². The molecule has 3 nitrogen and oxygen atoms in total. The van der Waals surface area contributed by atoms with Crippen LogP contribution in [0.3, 0.4) is 0 Å². The van der Waals surface area contributed by atoms with Crippen molar-refractivity contribution in [2.24, 2.45) is 4.99 Å². The summed E-state index contributed by atoms with van der Waals surface area (Å²) in [6.07, 6.45) is 10.7. The molecule has 0 saturated carbocycles. The summed E-state index contributed by atoms with van der Waals surface area (Å²) in [7, 11) is 0. The molecule has 0 bridgehead atoms. The summed E-state index contributed by atoms with van der Waals surface area (Å²) in [5, 5.41) is 3.49. The Morgan fingerprint density at radius 2 is 2.00 bits per heavy atom. The van der Waals surface area contributed by atoms with E-state index >= 15 is 0 Å². The minimum atomic E-state index is 0.120. The van der Waals surface area contributed by atoms with Gasteiger partial charge in [0.05, 0.1) is 12.3 Å². The van der Waals surface area contributed by atoms with Gasteiger partial charge >= 0.3 is 0 Å². The van der Waals surface area contributed by atoms with Gasteiger partial charge in [-0.2, -0.15) is 0 Å². The minimum absolute atomic E-state index is 0.120. The summed E-state index contributed by atoms with van der Waals surface area (Å²) < 4.78 is 0. The van der Waals surface area contributed by atoms with Gasteiger partial charge in [-0.25, -0.2) is 10.1 Å². The average molecular weight is 415 g/mol. The molecule has 0 N–H and O–H groups in total. The van der Waals surface area contributed by atoms with Crippen molar-refractivity contribution in [2.45, 2.75) is 45.1 Å². The fourth-order valence-electron chi connectivity index (χ4n) is 3.71. The zero-order valence-electron chi connectivity index (χ0n) is 16.2. The molecule has 2 atom stereocenters. The molecule has 28 heavy (non-hydrogen) atoms. The molecule has 2 aliphatic carbocycles. The SMILES string of the molecule is Cc1ccc(C(C)C2=NC3=CC=CCC3N2OCC2=C(Cl)C=C(Cl)CC2)cc1. The van der Waals surface area contributed by atoms with Gasteiger partial charge in [0.2, 0.25) is 0 Å². The van der Waals surface area contributed by atoms with Crippen LogP contribution in [0.5, 0.6) is 0 Å². The maximum absolute atomic E-state index is 6.38. The van der Waals surface area contributed by atoms with Crippen LogP contribution in [0.15, 0.2) is 74.9 Å². The smallest absolute Gasteiger partial charge is 0.137 e. The Labute approximate surface area is 176 Å². The normalized spacial score (nSPS) is 22.6. The highest BCUT2D eigenvalue weighted by Gasteiger charge is 2.36. The van der Waals surface area contributed by atoms with E-state index in [0.717, 1.165) is 41.4 Å². The Hall–Kier alpha value is -1.81. The van der Waals surface area contributed by atoms with Gasteiger partial charge < -0.3 is 0 Å². The summed E-state index contributed by atoms with van der Waals surface area (Å²) in [5.41, 5.74) is 4.62. The predicted octanol–water partition coefficient (Wildman–Crippen LogP) is 6.37. The van der Waals surface area contributed by atoms with E-state index in [0.29, 0.717) is 11.6 Å². The van der Waals surface area contributed by atoms with E-state index < -0.39 is 0 Å². The lowest BCUT2D eigenvalue weighted by Gasteiger charge is -2.30. The number of hydrogen-bond acceptors (Lipinski definition) is 3. The number of hydrogen-bond donors (Lipinski definition) is 0. The molecule has 1 aliphatic heterocycles. The second-order valence-electron chi connectivity index (χ2n) is 7.52. The molecular weight excluding hydrogens is 391 g/mol. The van der Waals surface area contributed by atoms with Gasteiger partial charge in [0.1, 0.15) is 11.9 Å². The van der Waals surface area contributed by atoms with Gasteiger partial charge in [0.25, 0.3) is 0 Å². The summed E-state index contributed by atoms with van der Waals surface area (Å²) in [5.74, 6) is 1.09. The Balaban J connectivity index is 1.57. The number of allylic oxidation sites excluding steroid dienone is 5. The van der Waals surface area contributed by atoms with Gasteiger partial charge in [-0.3, -0.25) is 4.84 Å². The van der Waals surface area contributed by atoms with Gasteiger partial charge in [-0.1, -0.05) is 72.1 Å². The molecule has 146 valence electrons. The van der Waals surface area contributed by atoms with Gasteiger partial charge in [0, 0.05) is 16.0 Å². The maximum atomic E-state index is 6.38. The van der Waals surface area contributed by atoms with Crippen LogP contribution in [0.4, 0.5) is 0 Å². The van der Waals surface area contributed by atoms with E-state index in [-0.39, 0.29) is 12.0 Å². The zero-order valence-corrected chi connectivity index (χ0v) is 17.7. The number of rotatable bonds is 5. The van der Waals surface area contributed by atoms with E-state index in [2.05, 4.69) is 56.3 Å². The first kappa shape index (κ1) is 19.5. The van der Waals surface area contributed by atoms with Crippen molar-refractivity contribution < 1.29 is 4.84 Å². The Morgan fingerprint density at radius 1 is 1.21 bits per heavy atom. The van der Waals surface area contributed by atoms with Gasteiger partial charge in [0.15, 0.2) is 0 Å². The molecule has 5 heteroatoms. The lowest BCUT2D eigenvalue weighted by atomic mass is 9.98. The molecule has 0 fully saturated rings. The zero-order chi connectivity index (χ0) is 19.7. The molecule has 1 aromatic carbocycles. The van der Waals surface area contributed by atoms with Crippen LogP contribution in [0, 0.1) is 6.92 Å². The Bertz CT molecular complexity index is 909. The highest BCUT2D eigenvalue weighted by molar-refractivity contribution is 6.35. The van der Waals surface area contributed by atoms with Crippen molar-refractivity contribution in [3.05, 3.63) is 81.0 Å². The van der Waals surface area contributed by atoms with E-state index in [4.69, 9.17) is 33.0 Å². The molecule has 0 amide bonds. The lowest BCUT2D eigenvalue weighted by Crippen LogP contribution is -2.39. The summed E-state index contributed by atoms with van der Waals surface area (Å²) in [6, 6.07) is 8.74. The number of fused-ring (bicyclic) bond motifs is 1. The molecular formula is C23H24Cl2N2O. The second-order valence-corrected chi connectivity index (χ2v) is 8.41. The third kappa shape index (κ3) is 3.98. The molecule has 0 radical (unpaired) electrons. The molecule has 1 heterocycles. The third-order valence-electron chi connectivity index (χ3n) is 5.49. The first-order valence-electron chi connectivity index (χ1n) is 9.70. The minimum Gasteiger partial charge on any atom is -0.267 e. The van der Waals surface area contributed by atoms with Crippen molar-refractivity contribution in [3.63, 3.8) is 0 Å². The molecule has 0 spiro atoms. The summed E-state index contributed by atoms with van der Waals surface area (Å²) in [4.78, 5) is 11.2. The maximum Gasteiger partial charge on any atom is 0.137 e.